The first-order valence-corrected chi connectivity index (χ1v) is 6.49. The molecule has 0 bridgehead atoms. The fourth-order valence-electron chi connectivity index (χ4n) is 2.33. The molecule has 0 aliphatic carbocycles. The number of carbonyl (C=O) groups is 1. The lowest BCUT2D eigenvalue weighted by Crippen LogP contribution is -2.38. The molecule has 0 spiro atoms. The van der Waals surface area contributed by atoms with Crippen LogP contribution < -0.4 is 5.32 Å². The van der Waals surface area contributed by atoms with Crippen LogP contribution >= 0.6 is 0 Å². The van der Waals surface area contributed by atoms with Crippen LogP contribution in [0.3, 0.4) is 0 Å². The number of rotatable bonds is 4. The molecule has 1 amide bonds. The topological polar surface area (TPSA) is 32.3 Å². The number of amides is 1. The lowest BCUT2D eigenvalue weighted by molar-refractivity contribution is -0.131. The molecule has 3 nitrogen and oxygen atoms in total. The first-order valence-electron chi connectivity index (χ1n) is 6.49. The van der Waals surface area contributed by atoms with Crippen LogP contribution in [0.5, 0.6) is 0 Å². The van der Waals surface area contributed by atoms with Gasteiger partial charge in [-0.25, -0.2) is 8.78 Å². The van der Waals surface area contributed by atoms with E-state index in [0.29, 0.717) is 0 Å². The van der Waals surface area contributed by atoms with Crippen molar-refractivity contribution < 1.29 is 13.6 Å². The summed E-state index contributed by atoms with van der Waals surface area (Å²) in [6.07, 6.45) is 1.37. The maximum absolute atomic E-state index is 13.4. The summed E-state index contributed by atoms with van der Waals surface area (Å²) in [5.41, 5.74) is 0.256. The Bertz CT molecular complexity index is 459. The third kappa shape index (κ3) is 3.29. The van der Waals surface area contributed by atoms with Crippen molar-refractivity contribution in [3.05, 3.63) is 35.4 Å². The highest BCUT2D eigenvalue weighted by atomic mass is 19.2. The number of nitrogens with one attached hydrogen (secondary N) is 1. The average molecular weight is 268 g/mol. The smallest absolute Gasteiger partial charge is 0.222 e. The van der Waals surface area contributed by atoms with Gasteiger partial charge < -0.3 is 10.2 Å². The summed E-state index contributed by atoms with van der Waals surface area (Å²) in [7, 11) is 1.77. The van der Waals surface area contributed by atoms with Crippen molar-refractivity contribution in [1.29, 1.82) is 0 Å². The predicted molar refractivity (Wildman–Crippen MR) is 68.7 cm³/mol. The number of halogens is 2. The minimum absolute atomic E-state index is 0.0302. The highest BCUT2D eigenvalue weighted by Crippen LogP contribution is 2.15. The number of likely N-dealkylation sites (N-methyl/N-ethyl adjacent to an activating group) is 1. The lowest BCUT2D eigenvalue weighted by Gasteiger charge is -2.23. The molecule has 2 rings (SSSR count). The van der Waals surface area contributed by atoms with Gasteiger partial charge in [0.2, 0.25) is 5.91 Å². The Labute approximate surface area is 111 Å². The number of nitrogens with zero attached hydrogens (tertiary/aromatic N) is 1. The fourth-order valence-corrected chi connectivity index (χ4v) is 2.33. The second-order valence-corrected chi connectivity index (χ2v) is 4.86. The molecular formula is C14H18F2N2O. The van der Waals surface area contributed by atoms with Gasteiger partial charge >= 0.3 is 0 Å². The van der Waals surface area contributed by atoms with E-state index in [2.05, 4.69) is 5.32 Å². The zero-order valence-electron chi connectivity index (χ0n) is 11.0. The van der Waals surface area contributed by atoms with Crippen LogP contribution in [0.25, 0.3) is 0 Å². The van der Waals surface area contributed by atoms with Crippen LogP contribution in [0.2, 0.25) is 0 Å². The number of benzene rings is 1. The highest BCUT2D eigenvalue weighted by Gasteiger charge is 2.23. The standard InChI is InChI=1S/C14H18F2N2O/c1-18(11-7-8-17-9-11)13(19)6-5-10-3-2-4-12(15)14(10)16/h2-4,11,17H,5-9H2,1H3/t11-/m0/s1. The first kappa shape index (κ1) is 13.9. The molecule has 1 N–H and O–H groups in total. The molecule has 1 aliphatic heterocycles. The Morgan fingerprint density at radius 1 is 1.47 bits per heavy atom. The van der Waals surface area contributed by atoms with Gasteiger partial charge in [-0.05, 0) is 31.0 Å². The zero-order valence-corrected chi connectivity index (χ0v) is 11.0. The molecule has 1 atom stereocenters. The van der Waals surface area contributed by atoms with E-state index >= 15 is 0 Å². The maximum Gasteiger partial charge on any atom is 0.222 e. The van der Waals surface area contributed by atoms with Crippen LogP contribution in [0.1, 0.15) is 18.4 Å². The van der Waals surface area contributed by atoms with E-state index in [9.17, 15) is 13.6 Å². The normalized spacial score (nSPS) is 18.6. The highest BCUT2D eigenvalue weighted by molar-refractivity contribution is 5.76. The summed E-state index contributed by atoms with van der Waals surface area (Å²) in [6, 6.07) is 4.27. The molecule has 1 aromatic rings. The van der Waals surface area contributed by atoms with Gasteiger partial charge in [-0.15, -0.1) is 0 Å². The van der Waals surface area contributed by atoms with Crippen molar-refractivity contribution in [2.45, 2.75) is 25.3 Å². The van der Waals surface area contributed by atoms with Crippen molar-refractivity contribution in [3.63, 3.8) is 0 Å². The fraction of sp³-hybridized carbons (Fsp3) is 0.500. The van der Waals surface area contributed by atoms with Crippen LogP contribution in [0.4, 0.5) is 8.78 Å². The van der Waals surface area contributed by atoms with Crippen molar-refractivity contribution in [2.24, 2.45) is 0 Å². The molecule has 0 radical (unpaired) electrons. The summed E-state index contributed by atoms with van der Waals surface area (Å²) in [6.45, 7) is 1.72. The number of hydrogen-bond donors (Lipinski definition) is 1. The van der Waals surface area contributed by atoms with Gasteiger partial charge in [-0.2, -0.15) is 0 Å². The van der Waals surface area contributed by atoms with E-state index < -0.39 is 11.6 Å². The molecule has 0 aromatic heterocycles. The molecular weight excluding hydrogens is 250 g/mol. The van der Waals surface area contributed by atoms with Gasteiger partial charge in [0, 0.05) is 26.1 Å². The van der Waals surface area contributed by atoms with Crippen molar-refractivity contribution in [2.75, 3.05) is 20.1 Å². The second kappa shape index (κ2) is 6.10. The third-order valence-corrected chi connectivity index (χ3v) is 3.62. The zero-order chi connectivity index (χ0) is 13.8. The average Bonchev–Trinajstić information content (AvgIpc) is 2.93. The minimum Gasteiger partial charge on any atom is -0.341 e. The van der Waals surface area contributed by atoms with E-state index in [4.69, 9.17) is 0 Å². The quantitative estimate of drug-likeness (QED) is 0.901. The van der Waals surface area contributed by atoms with Gasteiger partial charge in [-0.1, -0.05) is 12.1 Å². The molecule has 104 valence electrons. The number of aryl methyl sites for hydroxylation is 1. The molecule has 5 heteroatoms. The number of carbonyl (C=O) groups excluding carboxylic acids is 1. The van der Waals surface area contributed by atoms with Gasteiger partial charge in [0.15, 0.2) is 11.6 Å². The molecule has 1 fully saturated rings. The summed E-state index contributed by atoms with van der Waals surface area (Å²) in [5, 5.41) is 3.20. The Morgan fingerprint density at radius 2 is 2.26 bits per heavy atom. The summed E-state index contributed by atoms with van der Waals surface area (Å²) in [5.74, 6) is -1.74. The second-order valence-electron chi connectivity index (χ2n) is 4.86. The van der Waals surface area contributed by atoms with Crippen molar-refractivity contribution in [1.82, 2.24) is 10.2 Å². The monoisotopic (exact) mass is 268 g/mol. The third-order valence-electron chi connectivity index (χ3n) is 3.62. The van der Waals surface area contributed by atoms with Crippen molar-refractivity contribution >= 4 is 5.91 Å². The molecule has 0 unspecified atom stereocenters. The van der Waals surface area contributed by atoms with Crippen LogP contribution in [0, 0.1) is 11.6 Å². The first-order chi connectivity index (χ1) is 9.09. The Hall–Kier alpha value is -1.49. The minimum atomic E-state index is -0.863. The Kier molecular flexibility index (Phi) is 4.47. The molecule has 1 aromatic carbocycles. The van der Waals surface area contributed by atoms with E-state index in [0.717, 1.165) is 25.6 Å². The van der Waals surface area contributed by atoms with Gasteiger partial charge in [0.25, 0.3) is 0 Å². The summed E-state index contributed by atoms with van der Waals surface area (Å²) < 4.78 is 26.5. The molecule has 1 aliphatic rings. The maximum atomic E-state index is 13.4. The van der Waals surface area contributed by atoms with Crippen LogP contribution in [0.15, 0.2) is 18.2 Å². The summed E-state index contributed by atoms with van der Waals surface area (Å²) in [4.78, 5) is 13.7. The molecule has 19 heavy (non-hydrogen) atoms. The SMILES string of the molecule is CN(C(=O)CCc1cccc(F)c1F)[C@H]1CCNC1. The summed E-state index contributed by atoms with van der Waals surface area (Å²) >= 11 is 0. The van der Waals surface area contributed by atoms with Crippen molar-refractivity contribution in [3.8, 4) is 0 Å². The van der Waals surface area contributed by atoms with Gasteiger partial charge in [0.1, 0.15) is 0 Å². The number of hydrogen-bond acceptors (Lipinski definition) is 2. The van der Waals surface area contributed by atoms with Crippen LogP contribution in [-0.2, 0) is 11.2 Å². The van der Waals surface area contributed by atoms with Gasteiger partial charge in [0.05, 0.1) is 0 Å². The van der Waals surface area contributed by atoms with E-state index in [-0.39, 0.29) is 30.4 Å². The van der Waals surface area contributed by atoms with Gasteiger partial charge in [-0.3, -0.25) is 4.79 Å². The molecule has 1 heterocycles. The Morgan fingerprint density at radius 3 is 2.95 bits per heavy atom. The van der Waals surface area contributed by atoms with E-state index in [1.54, 1.807) is 11.9 Å². The predicted octanol–water partition coefficient (Wildman–Crippen LogP) is 1.72. The lowest BCUT2D eigenvalue weighted by atomic mass is 10.1. The van der Waals surface area contributed by atoms with Crippen LogP contribution in [-0.4, -0.2) is 37.0 Å². The Balaban J connectivity index is 1.91. The molecule has 0 saturated carbocycles. The van der Waals surface area contributed by atoms with E-state index in [1.165, 1.54) is 12.1 Å². The van der Waals surface area contributed by atoms with E-state index in [1.807, 2.05) is 0 Å². The largest absolute Gasteiger partial charge is 0.341 e. The molecule has 1 saturated heterocycles.